The zero-order valence-electron chi connectivity index (χ0n) is 17.0. The predicted molar refractivity (Wildman–Crippen MR) is 116 cm³/mol. The highest BCUT2D eigenvalue weighted by atomic mass is 31.2. The summed E-state index contributed by atoms with van der Waals surface area (Å²) in [5, 5.41) is 0. The normalized spacial score (nSPS) is 12.3. The maximum Gasteiger partial charge on any atom is 0.0841 e. The Morgan fingerprint density at radius 1 is 0.565 bits per heavy atom. The van der Waals surface area contributed by atoms with E-state index in [0.717, 1.165) is 0 Å². The van der Waals surface area contributed by atoms with Crippen LogP contribution in [0.3, 0.4) is 0 Å². The lowest BCUT2D eigenvalue weighted by molar-refractivity contribution is 0.828. The Morgan fingerprint density at radius 2 is 0.913 bits per heavy atom. The van der Waals surface area contributed by atoms with Crippen LogP contribution in [-0.2, 0) is 0 Å². The zero-order valence-corrected chi connectivity index (χ0v) is 18.8. The predicted octanol–water partition coefficient (Wildman–Crippen LogP) is 7.91. The SMILES string of the molecule is CCCCP(CCCC)N[P+](CCCC)(CCCC)CCCC. The molecule has 0 spiro atoms. The van der Waals surface area contributed by atoms with E-state index in [9.17, 15) is 0 Å². The van der Waals surface area contributed by atoms with Crippen molar-refractivity contribution in [3.8, 4) is 0 Å². The van der Waals surface area contributed by atoms with E-state index in [1.54, 1.807) is 0 Å². The number of unbranched alkanes of at least 4 members (excludes halogenated alkanes) is 5. The van der Waals surface area contributed by atoms with Gasteiger partial charge >= 0.3 is 0 Å². The summed E-state index contributed by atoms with van der Waals surface area (Å²) in [7, 11) is -0.814. The van der Waals surface area contributed by atoms with Gasteiger partial charge in [-0.25, -0.2) is 0 Å². The lowest BCUT2D eigenvalue weighted by Gasteiger charge is -2.32. The molecule has 23 heavy (non-hydrogen) atoms. The van der Waals surface area contributed by atoms with Gasteiger partial charge in [-0.1, -0.05) is 66.7 Å². The van der Waals surface area contributed by atoms with Crippen LogP contribution in [0, 0.1) is 0 Å². The fraction of sp³-hybridized carbons (Fsp3) is 1.00. The van der Waals surface area contributed by atoms with Gasteiger partial charge in [0.1, 0.15) is 0 Å². The first kappa shape index (κ1) is 23.8. The average molecular weight is 363 g/mol. The average Bonchev–Trinajstić information content (AvgIpc) is 2.58. The molecule has 0 rings (SSSR count). The van der Waals surface area contributed by atoms with Crippen molar-refractivity contribution in [2.45, 2.75) is 98.8 Å². The second-order valence-electron chi connectivity index (χ2n) is 7.17. The van der Waals surface area contributed by atoms with Crippen molar-refractivity contribution in [2.24, 2.45) is 0 Å². The first-order chi connectivity index (χ1) is 11.2. The van der Waals surface area contributed by atoms with E-state index < -0.39 is 7.41 Å². The van der Waals surface area contributed by atoms with E-state index in [4.69, 9.17) is 0 Å². The second-order valence-corrected chi connectivity index (χ2v) is 13.6. The molecule has 0 aromatic rings. The molecule has 0 fully saturated rings. The maximum absolute atomic E-state index is 4.42. The molecule has 0 bridgehead atoms. The summed E-state index contributed by atoms with van der Waals surface area (Å²) in [5.74, 6) is 0. The number of nitrogens with one attached hydrogen (secondary N) is 1. The highest BCUT2D eigenvalue weighted by molar-refractivity contribution is 7.82. The van der Waals surface area contributed by atoms with Gasteiger partial charge in [0.05, 0.1) is 25.9 Å². The van der Waals surface area contributed by atoms with Gasteiger partial charge in [-0.05, 0) is 44.4 Å². The summed E-state index contributed by atoms with van der Waals surface area (Å²) in [6.07, 6.45) is 21.5. The lowest BCUT2D eigenvalue weighted by atomic mass is 10.4. The summed E-state index contributed by atoms with van der Waals surface area (Å²) >= 11 is 0. The number of hydrogen-bond donors (Lipinski definition) is 1. The van der Waals surface area contributed by atoms with Crippen molar-refractivity contribution in [1.82, 2.24) is 4.86 Å². The summed E-state index contributed by atoms with van der Waals surface area (Å²) in [6, 6.07) is 0. The van der Waals surface area contributed by atoms with Gasteiger partial charge in [0.15, 0.2) is 0 Å². The van der Waals surface area contributed by atoms with E-state index in [1.165, 1.54) is 95.0 Å². The first-order valence-electron chi connectivity index (χ1n) is 10.6. The Balaban J connectivity index is 4.95. The number of rotatable bonds is 17. The van der Waals surface area contributed by atoms with Crippen LogP contribution in [0.1, 0.15) is 98.8 Å². The molecule has 1 N–H and O–H groups in total. The summed E-state index contributed by atoms with van der Waals surface area (Å²) in [4.78, 5) is 4.42. The molecule has 0 saturated carbocycles. The third-order valence-electron chi connectivity index (χ3n) is 4.74. The van der Waals surface area contributed by atoms with E-state index in [0.29, 0.717) is 0 Å². The van der Waals surface area contributed by atoms with Crippen LogP contribution in [0.4, 0.5) is 0 Å². The third kappa shape index (κ3) is 11.9. The quantitative estimate of drug-likeness (QED) is 0.259. The Hall–Kier alpha value is 0.820. The van der Waals surface area contributed by atoms with Crippen LogP contribution in [0.15, 0.2) is 0 Å². The van der Waals surface area contributed by atoms with Gasteiger partial charge in [-0.2, -0.15) is 4.86 Å². The summed E-state index contributed by atoms with van der Waals surface area (Å²) in [6.45, 7) is 11.8. The molecule has 3 heteroatoms. The molecule has 0 radical (unpaired) electrons. The highest BCUT2D eigenvalue weighted by Gasteiger charge is 2.37. The molecule has 140 valence electrons. The molecule has 0 aliphatic heterocycles. The van der Waals surface area contributed by atoms with Gasteiger partial charge < -0.3 is 0 Å². The number of hydrogen-bond acceptors (Lipinski definition) is 1. The standard InChI is InChI=1S/C20H46NP2/c1-6-11-16-22(17-12-7-2)21-23(18-13-8-3,19-14-9-4)20-15-10-5/h21H,6-20H2,1-5H3/q+1. The molecule has 0 amide bonds. The highest BCUT2D eigenvalue weighted by Crippen LogP contribution is 2.62. The van der Waals surface area contributed by atoms with Crippen LogP contribution in [0.25, 0.3) is 0 Å². The molecule has 0 aliphatic carbocycles. The Morgan fingerprint density at radius 3 is 1.22 bits per heavy atom. The van der Waals surface area contributed by atoms with Gasteiger partial charge in [0.25, 0.3) is 0 Å². The van der Waals surface area contributed by atoms with Crippen LogP contribution < -0.4 is 4.86 Å². The Labute approximate surface area is 150 Å². The molecular weight excluding hydrogens is 316 g/mol. The molecule has 0 saturated heterocycles. The minimum Gasteiger partial charge on any atom is -0.173 e. The van der Waals surface area contributed by atoms with Gasteiger partial charge in [0.2, 0.25) is 0 Å². The Bertz CT molecular complexity index is 216. The lowest BCUT2D eigenvalue weighted by Crippen LogP contribution is -2.22. The molecule has 0 atom stereocenters. The van der Waals surface area contributed by atoms with Crippen LogP contribution in [-0.4, -0.2) is 30.8 Å². The molecule has 0 aliphatic rings. The fourth-order valence-electron chi connectivity index (χ4n) is 3.08. The maximum atomic E-state index is 4.42. The third-order valence-corrected chi connectivity index (χ3v) is 12.8. The van der Waals surface area contributed by atoms with Gasteiger partial charge in [-0.3, -0.25) is 0 Å². The molecular formula is C20H46NP2+. The van der Waals surface area contributed by atoms with Crippen molar-refractivity contribution < 1.29 is 0 Å². The fourth-order valence-corrected chi connectivity index (χ4v) is 12.5. The van der Waals surface area contributed by atoms with E-state index in [2.05, 4.69) is 39.5 Å². The second kappa shape index (κ2) is 16.3. The van der Waals surface area contributed by atoms with Crippen LogP contribution in [0.5, 0.6) is 0 Å². The first-order valence-corrected chi connectivity index (χ1v) is 14.6. The summed E-state index contributed by atoms with van der Waals surface area (Å²) in [5.41, 5.74) is 0. The molecule has 0 aromatic heterocycles. The molecule has 0 aromatic carbocycles. The Kier molecular flexibility index (Phi) is 16.9. The van der Waals surface area contributed by atoms with Crippen molar-refractivity contribution in [3.05, 3.63) is 0 Å². The smallest absolute Gasteiger partial charge is 0.0841 e. The van der Waals surface area contributed by atoms with Gasteiger partial charge in [-0.15, -0.1) is 0 Å². The minimum absolute atomic E-state index is 0.0893. The van der Waals surface area contributed by atoms with E-state index in [1.807, 2.05) is 0 Å². The monoisotopic (exact) mass is 362 g/mol. The van der Waals surface area contributed by atoms with Crippen molar-refractivity contribution in [3.63, 3.8) is 0 Å². The zero-order chi connectivity index (χ0) is 17.4. The molecule has 0 heterocycles. The molecule has 0 unspecified atom stereocenters. The van der Waals surface area contributed by atoms with E-state index in [-0.39, 0.29) is 8.07 Å². The van der Waals surface area contributed by atoms with E-state index >= 15 is 0 Å². The van der Waals surface area contributed by atoms with Crippen LogP contribution >= 0.6 is 15.5 Å². The van der Waals surface area contributed by atoms with Crippen molar-refractivity contribution >= 4 is 15.5 Å². The largest absolute Gasteiger partial charge is 0.173 e. The summed E-state index contributed by atoms with van der Waals surface area (Å²) < 4.78 is 0. The van der Waals surface area contributed by atoms with Crippen molar-refractivity contribution in [1.29, 1.82) is 0 Å². The van der Waals surface area contributed by atoms with Crippen LogP contribution in [0.2, 0.25) is 0 Å². The molecule has 1 nitrogen and oxygen atoms in total. The van der Waals surface area contributed by atoms with Crippen molar-refractivity contribution in [2.75, 3.05) is 30.8 Å². The topological polar surface area (TPSA) is 12.0 Å². The minimum atomic E-state index is -0.903. The van der Waals surface area contributed by atoms with Gasteiger partial charge in [0, 0.05) is 8.07 Å².